The average molecular weight is 314 g/mol. The number of thioether (sulfide) groups is 1. The average Bonchev–Trinajstić information content (AvgIpc) is 2.94. The molecule has 0 spiro atoms. The SMILES string of the molecule is O=C(CCCSc1ccc(Cl)cc1)N1CCCC1CO. The van der Waals surface area contributed by atoms with E-state index >= 15 is 0 Å². The molecule has 1 fully saturated rings. The molecular formula is C15H20ClNO2S. The maximum Gasteiger partial charge on any atom is 0.222 e. The lowest BCUT2D eigenvalue weighted by atomic mass is 10.2. The number of hydrogen-bond donors (Lipinski definition) is 1. The van der Waals surface area contributed by atoms with Gasteiger partial charge in [0.15, 0.2) is 0 Å². The van der Waals surface area contributed by atoms with Crippen LogP contribution in [-0.4, -0.2) is 40.9 Å². The van der Waals surface area contributed by atoms with Crippen molar-refractivity contribution in [2.24, 2.45) is 0 Å². The van der Waals surface area contributed by atoms with Crippen molar-refractivity contribution in [1.29, 1.82) is 0 Å². The van der Waals surface area contributed by atoms with Gasteiger partial charge in [0, 0.05) is 22.9 Å². The summed E-state index contributed by atoms with van der Waals surface area (Å²) in [6.45, 7) is 0.889. The number of likely N-dealkylation sites (tertiary alicyclic amines) is 1. The van der Waals surface area contributed by atoms with Crippen molar-refractivity contribution in [3.63, 3.8) is 0 Å². The summed E-state index contributed by atoms with van der Waals surface area (Å²) in [5, 5.41) is 9.96. The van der Waals surface area contributed by atoms with Gasteiger partial charge in [-0.1, -0.05) is 11.6 Å². The summed E-state index contributed by atoms with van der Waals surface area (Å²) in [4.78, 5) is 15.1. The van der Waals surface area contributed by atoms with Crippen LogP contribution in [0.3, 0.4) is 0 Å². The number of rotatable bonds is 6. The van der Waals surface area contributed by atoms with Crippen molar-refractivity contribution < 1.29 is 9.90 Å². The van der Waals surface area contributed by atoms with Crippen LogP contribution in [0.4, 0.5) is 0 Å². The molecule has 0 aromatic heterocycles. The number of halogens is 1. The summed E-state index contributed by atoms with van der Waals surface area (Å²) < 4.78 is 0. The first-order valence-electron chi connectivity index (χ1n) is 6.99. The van der Waals surface area contributed by atoms with E-state index in [-0.39, 0.29) is 18.6 Å². The summed E-state index contributed by atoms with van der Waals surface area (Å²) in [7, 11) is 0. The molecule has 1 atom stereocenters. The molecule has 1 aromatic carbocycles. The zero-order valence-electron chi connectivity index (χ0n) is 11.4. The lowest BCUT2D eigenvalue weighted by Crippen LogP contribution is -2.37. The first-order chi connectivity index (χ1) is 9.70. The third-order valence-corrected chi connectivity index (χ3v) is 4.88. The summed E-state index contributed by atoms with van der Waals surface area (Å²) in [5.41, 5.74) is 0. The number of aliphatic hydroxyl groups excluding tert-OH is 1. The van der Waals surface area contributed by atoms with Gasteiger partial charge in [-0.3, -0.25) is 4.79 Å². The second kappa shape index (κ2) is 7.91. The molecule has 1 aliphatic heterocycles. The maximum absolute atomic E-state index is 12.1. The lowest BCUT2D eigenvalue weighted by molar-refractivity contribution is -0.132. The molecule has 0 bridgehead atoms. The Labute approximate surface area is 129 Å². The Kier molecular flexibility index (Phi) is 6.20. The van der Waals surface area contributed by atoms with Crippen LogP contribution in [-0.2, 0) is 4.79 Å². The molecule has 5 heteroatoms. The Morgan fingerprint density at radius 2 is 2.15 bits per heavy atom. The Balaban J connectivity index is 1.68. The minimum absolute atomic E-state index is 0.0476. The molecule has 1 unspecified atom stereocenters. The van der Waals surface area contributed by atoms with Crippen LogP contribution in [0.2, 0.25) is 5.02 Å². The van der Waals surface area contributed by atoms with Gasteiger partial charge in [0.05, 0.1) is 12.6 Å². The van der Waals surface area contributed by atoms with Crippen LogP contribution >= 0.6 is 23.4 Å². The van der Waals surface area contributed by atoms with E-state index in [4.69, 9.17) is 11.6 Å². The number of amides is 1. The lowest BCUT2D eigenvalue weighted by Gasteiger charge is -2.22. The second-order valence-electron chi connectivity index (χ2n) is 4.97. The predicted molar refractivity (Wildman–Crippen MR) is 83.2 cm³/mol. The fraction of sp³-hybridized carbons (Fsp3) is 0.533. The van der Waals surface area contributed by atoms with E-state index < -0.39 is 0 Å². The molecule has 0 aliphatic carbocycles. The van der Waals surface area contributed by atoms with E-state index in [2.05, 4.69) is 0 Å². The number of carbonyl (C=O) groups is 1. The molecule has 20 heavy (non-hydrogen) atoms. The van der Waals surface area contributed by atoms with Crippen LogP contribution in [0.1, 0.15) is 25.7 Å². The minimum Gasteiger partial charge on any atom is -0.394 e. The number of nitrogens with zero attached hydrogens (tertiary/aromatic N) is 1. The van der Waals surface area contributed by atoms with Gasteiger partial charge in [-0.05, 0) is 49.3 Å². The number of benzene rings is 1. The smallest absolute Gasteiger partial charge is 0.222 e. The van der Waals surface area contributed by atoms with Crippen LogP contribution < -0.4 is 0 Å². The van der Waals surface area contributed by atoms with Gasteiger partial charge in [-0.25, -0.2) is 0 Å². The van der Waals surface area contributed by atoms with E-state index in [1.165, 1.54) is 4.90 Å². The molecule has 0 saturated carbocycles. The van der Waals surface area contributed by atoms with Crippen molar-refractivity contribution in [2.75, 3.05) is 18.9 Å². The fourth-order valence-corrected chi connectivity index (χ4v) is 3.42. The molecular weight excluding hydrogens is 294 g/mol. The van der Waals surface area contributed by atoms with Gasteiger partial charge >= 0.3 is 0 Å². The Bertz CT molecular complexity index is 438. The van der Waals surface area contributed by atoms with Gasteiger partial charge in [-0.2, -0.15) is 0 Å². The highest BCUT2D eigenvalue weighted by Gasteiger charge is 2.27. The summed E-state index contributed by atoms with van der Waals surface area (Å²) in [5.74, 6) is 1.10. The van der Waals surface area contributed by atoms with Crippen LogP contribution in [0.25, 0.3) is 0 Å². The third kappa shape index (κ3) is 4.40. The molecule has 110 valence electrons. The Morgan fingerprint density at radius 1 is 1.40 bits per heavy atom. The highest BCUT2D eigenvalue weighted by Crippen LogP contribution is 2.22. The summed E-state index contributed by atoms with van der Waals surface area (Å²) in [6.07, 6.45) is 3.37. The Hall–Kier alpha value is -0.710. The first-order valence-corrected chi connectivity index (χ1v) is 8.36. The van der Waals surface area contributed by atoms with Gasteiger partial charge in [0.25, 0.3) is 0 Å². The van der Waals surface area contributed by atoms with Crippen molar-refractivity contribution in [3.05, 3.63) is 29.3 Å². The molecule has 1 saturated heterocycles. The summed E-state index contributed by atoms with van der Waals surface area (Å²) >= 11 is 7.58. The van der Waals surface area contributed by atoms with Crippen molar-refractivity contribution >= 4 is 29.3 Å². The highest BCUT2D eigenvalue weighted by atomic mass is 35.5. The topological polar surface area (TPSA) is 40.5 Å². The molecule has 1 aromatic rings. The fourth-order valence-electron chi connectivity index (χ4n) is 2.44. The normalized spacial score (nSPS) is 18.5. The molecule has 3 nitrogen and oxygen atoms in total. The predicted octanol–water partition coefficient (Wildman–Crippen LogP) is 3.20. The van der Waals surface area contributed by atoms with Crippen molar-refractivity contribution in [3.8, 4) is 0 Å². The quantitative estimate of drug-likeness (QED) is 0.647. The molecule has 2 rings (SSSR count). The largest absolute Gasteiger partial charge is 0.394 e. The van der Waals surface area contributed by atoms with E-state index in [9.17, 15) is 9.90 Å². The standard InChI is InChI=1S/C15H20ClNO2S/c16-12-5-7-14(8-6-12)20-10-2-4-15(19)17-9-1-3-13(17)11-18/h5-8,13,18H,1-4,9-11H2. The van der Waals surface area contributed by atoms with Crippen LogP contribution in [0.5, 0.6) is 0 Å². The third-order valence-electron chi connectivity index (χ3n) is 3.53. The molecule has 1 aliphatic rings. The zero-order valence-corrected chi connectivity index (χ0v) is 13.0. The van der Waals surface area contributed by atoms with Crippen LogP contribution in [0.15, 0.2) is 29.2 Å². The van der Waals surface area contributed by atoms with Gasteiger partial charge in [0.2, 0.25) is 5.91 Å². The van der Waals surface area contributed by atoms with Gasteiger partial charge in [0.1, 0.15) is 0 Å². The Morgan fingerprint density at radius 3 is 2.85 bits per heavy atom. The van der Waals surface area contributed by atoms with Gasteiger partial charge in [-0.15, -0.1) is 11.8 Å². The highest BCUT2D eigenvalue weighted by molar-refractivity contribution is 7.99. The maximum atomic E-state index is 12.1. The monoisotopic (exact) mass is 313 g/mol. The van der Waals surface area contributed by atoms with Gasteiger partial charge < -0.3 is 10.0 Å². The van der Waals surface area contributed by atoms with Crippen LogP contribution in [0, 0.1) is 0 Å². The molecule has 1 heterocycles. The van der Waals surface area contributed by atoms with E-state index in [1.54, 1.807) is 11.8 Å². The molecule has 1 amide bonds. The molecule has 1 N–H and O–H groups in total. The number of hydrogen-bond acceptors (Lipinski definition) is 3. The van der Waals surface area contributed by atoms with E-state index in [0.29, 0.717) is 6.42 Å². The molecule has 0 radical (unpaired) electrons. The zero-order chi connectivity index (χ0) is 14.4. The van der Waals surface area contributed by atoms with Crippen molar-refractivity contribution in [2.45, 2.75) is 36.6 Å². The van der Waals surface area contributed by atoms with Crippen molar-refractivity contribution in [1.82, 2.24) is 4.90 Å². The second-order valence-corrected chi connectivity index (χ2v) is 6.58. The number of carbonyl (C=O) groups excluding carboxylic acids is 1. The summed E-state index contributed by atoms with van der Waals surface area (Å²) in [6, 6.07) is 7.80. The number of aliphatic hydroxyl groups is 1. The van der Waals surface area contributed by atoms with E-state index in [0.717, 1.165) is 36.6 Å². The van der Waals surface area contributed by atoms with E-state index in [1.807, 2.05) is 29.2 Å². The first kappa shape index (κ1) is 15.7. The minimum atomic E-state index is 0.0476.